The van der Waals surface area contributed by atoms with E-state index >= 15 is 0 Å². The summed E-state index contributed by atoms with van der Waals surface area (Å²) in [4.78, 5) is 5.14. The number of hydrogen-bond donors (Lipinski definition) is 0. The molecule has 2 rings (SSSR count). The largest absolute Gasteiger partial charge is 4.00 e. The molecule has 2 aliphatic rings. The van der Waals surface area contributed by atoms with E-state index in [2.05, 4.69) is 64.2 Å². The maximum atomic E-state index is 5.78. The van der Waals surface area contributed by atoms with Gasteiger partial charge >= 0.3 is 21.7 Å². The zero-order valence-corrected chi connectivity index (χ0v) is 19.8. The average Bonchev–Trinajstić information content (AvgIpc) is 2.66. The van der Waals surface area contributed by atoms with Gasteiger partial charge in [0, 0.05) is 12.5 Å². The standard InChI is InChI=1S/C17H28NOSi.3CH3.Ti/c1-16(2,3)18-20(5,6)14-12-15(19-4)17(13-14)10-8-7-9-11-17;;;;/h7-10,12,15H,11,13H2,1-6H3;3*1H3;/q4*-1;+4. The van der Waals surface area contributed by atoms with E-state index < -0.39 is 8.24 Å². The molecular formula is C20H37NOSiTi. The molecule has 4 heteroatoms. The fourth-order valence-corrected chi connectivity index (χ4v) is 6.66. The van der Waals surface area contributed by atoms with E-state index in [0.717, 1.165) is 12.8 Å². The molecule has 0 aromatic heterocycles. The fraction of sp³-hybridized carbons (Fsp3) is 0.550. The molecular weight excluding hydrogens is 346 g/mol. The molecule has 2 atom stereocenters. The van der Waals surface area contributed by atoms with Crippen molar-refractivity contribution < 1.29 is 26.5 Å². The summed E-state index contributed by atoms with van der Waals surface area (Å²) >= 11 is 0. The van der Waals surface area contributed by atoms with Crippen LogP contribution in [0.4, 0.5) is 0 Å². The molecule has 0 bridgehead atoms. The summed E-state index contributed by atoms with van der Waals surface area (Å²) in [5, 5.41) is 1.54. The third kappa shape index (κ3) is 6.42. The van der Waals surface area contributed by atoms with Gasteiger partial charge in [-0.25, -0.2) is 0 Å². The first-order valence-electron chi connectivity index (χ1n) is 7.51. The molecule has 0 fully saturated rings. The van der Waals surface area contributed by atoms with Crippen molar-refractivity contribution in [2.75, 3.05) is 7.11 Å². The van der Waals surface area contributed by atoms with Crippen molar-refractivity contribution in [3.05, 3.63) is 62.8 Å². The molecule has 0 radical (unpaired) electrons. The van der Waals surface area contributed by atoms with E-state index in [1.165, 1.54) is 0 Å². The maximum absolute atomic E-state index is 5.78. The van der Waals surface area contributed by atoms with Gasteiger partial charge in [0.1, 0.15) is 0 Å². The molecule has 0 N–H and O–H groups in total. The summed E-state index contributed by atoms with van der Waals surface area (Å²) < 4.78 is 5.78. The van der Waals surface area contributed by atoms with Crippen molar-refractivity contribution in [2.24, 2.45) is 5.41 Å². The Balaban J connectivity index is -0.00000110. The SMILES string of the molecule is COC1C=C([Si](C)(C)[N-]C(C)(C)C)CC12C=CC=CC2.[CH3-].[CH3-].[CH3-].[Ti+4]. The minimum Gasteiger partial charge on any atom is -0.656 e. The van der Waals surface area contributed by atoms with Crippen molar-refractivity contribution in [3.8, 4) is 0 Å². The van der Waals surface area contributed by atoms with Gasteiger partial charge in [0.2, 0.25) is 0 Å². The first-order chi connectivity index (χ1) is 9.19. The molecule has 0 aromatic rings. The van der Waals surface area contributed by atoms with E-state index in [1.54, 1.807) is 5.20 Å². The van der Waals surface area contributed by atoms with Gasteiger partial charge in [0.15, 0.2) is 0 Å². The Labute approximate surface area is 168 Å². The molecule has 0 saturated heterocycles. The topological polar surface area (TPSA) is 23.3 Å². The van der Waals surface area contributed by atoms with Crippen LogP contribution in [0.5, 0.6) is 0 Å². The zero-order chi connectivity index (χ0) is 15.0. The minimum absolute atomic E-state index is 0. The van der Waals surface area contributed by atoms with Crippen LogP contribution in [-0.2, 0) is 26.5 Å². The summed E-state index contributed by atoms with van der Waals surface area (Å²) in [5.41, 5.74) is 0.174. The Morgan fingerprint density at radius 3 is 2.17 bits per heavy atom. The molecule has 2 unspecified atom stereocenters. The number of nitrogens with zero attached hydrogens (tertiary/aromatic N) is 1. The van der Waals surface area contributed by atoms with Crippen LogP contribution in [0.3, 0.4) is 0 Å². The summed E-state index contributed by atoms with van der Waals surface area (Å²) in [5.74, 6) is 0. The summed E-state index contributed by atoms with van der Waals surface area (Å²) in [7, 11) is 0.101. The van der Waals surface area contributed by atoms with E-state index in [9.17, 15) is 0 Å². The van der Waals surface area contributed by atoms with Crippen molar-refractivity contribution in [3.63, 3.8) is 0 Å². The maximum Gasteiger partial charge on any atom is 4.00 e. The molecule has 0 aliphatic heterocycles. The van der Waals surface area contributed by atoms with E-state index in [4.69, 9.17) is 9.72 Å². The van der Waals surface area contributed by atoms with E-state index in [0.29, 0.717) is 0 Å². The van der Waals surface area contributed by atoms with Gasteiger partial charge < -0.3 is 32.0 Å². The van der Waals surface area contributed by atoms with Crippen LogP contribution >= 0.6 is 0 Å². The minimum atomic E-state index is -1.73. The van der Waals surface area contributed by atoms with Gasteiger partial charge in [-0.2, -0.15) is 0 Å². The Kier molecular flexibility index (Phi) is 12.4. The second kappa shape index (κ2) is 10.3. The van der Waals surface area contributed by atoms with Gasteiger partial charge in [-0.1, -0.05) is 64.2 Å². The van der Waals surface area contributed by atoms with Crippen LogP contribution in [0.2, 0.25) is 13.1 Å². The van der Waals surface area contributed by atoms with Crippen LogP contribution in [0.15, 0.2) is 35.6 Å². The van der Waals surface area contributed by atoms with Gasteiger partial charge in [0.25, 0.3) is 0 Å². The molecule has 2 aliphatic carbocycles. The second-order valence-corrected chi connectivity index (χ2v) is 11.6. The summed E-state index contributed by atoms with van der Waals surface area (Å²) in [6.45, 7) is 11.3. The second-order valence-electron chi connectivity index (χ2n) is 7.59. The average molecular weight is 383 g/mol. The first-order valence-corrected chi connectivity index (χ1v) is 10.5. The molecule has 136 valence electrons. The number of methoxy groups -OCH3 is 1. The summed E-state index contributed by atoms with van der Waals surface area (Å²) in [6, 6.07) is 0. The Morgan fingerprint density at radius 1 is 1.17 bits per heavy atom. The number of hydrogen-bond acceptors (Lipinski definition) is 1. The van der Waals surface area contributed by atoms with E-state index in [1.807, 2.05) is 7.11 Å². The van der Waals surface area contributed by atoms with Crippen molar-refractivity contribution >= 4 is 8.24 Å². The summed E-state index contributed by atoms with van der Waals surface area (Å²) in [6.07, 6.45) is 13.6. The van der Waals surface area contributed by atoms with Crippen LogP contribution < -0.4 is 0 Å². The molecule has 2 nitrogen and oxygen atoms in total. The predicted octanol–water partition coefficient (Wildman–Crippen LogP) is 6.10. The van der Waals surface area contributed by atoms with E-state index in [-0.39, 0.29) is 61.1 Å². The molecule has 24 heavy (non-hydrogen) atoms. The first kappa shape index (κ1) is 28.9. The quantitative estimate of drug-likeness (QED) is 0.427. The number of ether oxygens (including phenoxy) is 1. The Hall–Kier alpha value is 0.0712. The number of rotatable bonds is 3. The monoisotopic (exact) mass is 383 g/mol. The zero-order valence-electron chi connectivity index (χ0n) is 17.2. The van der Waals surface area contributed by atoms with Crippen LogP contribution in [0.25, 0.3) is 4.98 Å². The third-order valence-electron chi connectivity index (χ3n) is 4.27. The van der Waals surface area contributed by atoms with Crippen LogP contribution in [0, 0.1) is 27.7 Å². The normalized spacial score (nSPS) is 25.1. The van der Waals surface area contributed by atoms with Gasteiger partial charge in [-0.3, -0.25) is 0 Å². The predicted molar refractivity (Wildman–Crippen MR) is 109 cm³/mol. The Morgan fingerprint density at radius 2 is 1.75 bits per heavy atom. The van der Waals surface area contributed by atoms with Crippen LogP contribution in [0.1, 0.15) is 33.6 Å². The molecule has 0 amide bonds. The van der Waals surface area contributed by atoms with Gasteiger partial charge in [-0.15, -0.1) is 10.7 Å². The molecule has 0 aromatic carbocycles. The van der Waals surface area contributed by atoms with Crippen molar-refractivity contribution in [1.29, 1.82) is 0 Å². The van der Waals surface area contributed by atoms with Gasteiger partial charge in [0.05, 0.1) is 6.10 Å². The fourth-order valence-electron chi connectivity index (χ4n) is 3.52. The van der Waals surface area contributed by atoms with Gasteiger partial charge in [-0.05, 0) is 21.1 Å². The molecule has 1 spiro atoms. The smallest absolute Gasteiger partial charge is 0.656 e. The Bertz CT molecular complexity index is 463. The molecule has 0 heterocycles. The number of allylic oxidation sites excluding steroid dienone is 4. The third-order valence-corrected chi connectivity index (χ3v) is 7.41. The van der Waals surface area contributed by atoms with Crippen molar-refractivity contribution in [1.82, 2.24) is 0 Å². The van der Waals surface area contributed by atoms with Crippen molar-refractivity contribution in [2.45, 2.75) is 58.3 Å². The molecule has 0 saturated carbocycles. The van der Waals surface area contributed by atoms with Crippen LogP contribution in [-0.4, -0.2) is 27.0 Å².